The van der Waals surface area contributed by atoms with Crippen molar-refractivity contribution in [3.05, 3.63) is 23.8 Å². The minimum Gasteiger partial charge on any atom is -0.481 e. The van der Waals surface area contributed by atoms with E-state index in [0.29, 0.717) is 6.04 Å². The van der Waals surface area contributed by atoms with Crippen LogP contribution in [0, 0.1) is 0 Å². The summed E-state index contributed by atoms with van der Waals surface area (Å²) in [6.07, 6.45) is 0.0739. The first-order valence-corrected chi connectivity index (χ1v) is 5.00. The maximum Gasteiger partial charge on any atom is 0.307 e. The Morgan fingerprint density at radius 3 is 3.07 bits per heavy atom. The number of carboxylic acids is 1. The fraction of sp³-hybridized carbons (Fsp3) is 0.364. The lowest BCUT2D eigenvalue weighted by Crippen LogP contribution is -2.30. The van der Waals surface area contributed by atoms with Gasteiger partial charge >= 0.3 is 5.97 Å². The standard InChI is InChI=1S/C11H14N2O2/c1-7-6-12-10-4-8(5-11(14)15)2-3-9(10)13-7/h2-4,7,12-13H,5-6H2,1H3,(H,14,15). The number of carbonyl (C=O) groups is 1. The zero-order valence-corrected chi connectivity index (χ0v) is 8.58. The smallest absolute Gasteiger partial charge is 0.307 e. The monoisotopic (exact) mass is 206 g/mol. The minimum absolute atomic E-state index is 0.0739. The third-order valence-corrected chi connectivity index (χ3v) is 2.44. The second-order valence-corrected chi connectivity index (χ2v) is 3.88. The van der Waals surface area contributed by atoms with Crippen molar-refractivity contribution in [2.75, 3.05) is 17.2 Å². The zero-order valence-electron chi connectivity index (χ0n) is 8.58. The summed E-state index contributed by atoms with van der Waals surface area (Å²) >= 11 is 0. The predicted octanol–water partition coefficient (Wildman–Crippen LogP) is 1.54. The minimum atomic E-state index is -0.799. The van der Waals surface area contributed by atoms with Crippen LogP contribution < -0.4 is 10.6 Å². The van der Waals surface area contributed by atoms with E-state index in [1.165, 1.54) is 0 Å². The normalized spacial score (nSPS) is 18.6. The molecule has 1 aliphatic heterocycles. The molecule has 4 heteroatoms. The third kappa shape index (κ3) is 2.21. The van der Waals surface area contributed by atoms with Crippen molar-refractivity contribution in [2.24, 2.45) is 0 Å². The summed E-state index contributed by atoms with van der Waals surface area (Å²) in [6, 6.07) is 6.07. The first kappa shape index (κ1) is 9.83. The Morgan fingerprint density at radius 2 is 2.33 bits per heavy atom. The van der Waals surface area contributed by atoms with E-state index in [9.17, 15) is 4.79 Å². The summed E-state index contributed by atoms with van der Waals surface area (Å²) in [5, 5.41) is 15.3. The van der Waals surface area contributed by atoms with Crippen molar-refractivity contribution in [2.45, 2.75) is 19.4 Å². The lowest BCUT2D eigenvalue weighted by Gasteiger charge is -2.26. The van der Waals surface area contributed by atoms with Gasteiger partial charge in [-0.05, 0) is 24.6 Å². The average Bonchev–Trinajstić information content (AvgIpc) is 2.17. The first-order chi connectivity index (χ1) is 7.15. The largest absolute Gasteiger partial charge is 0.481 e. The van der Waals surface area contributed by atoms with Gasteiger partial charge in [0.15, 0.2) is 0 Å². The molecule has 0 amide bonds. The number of hydrogen-bond acceptors (Lipinski definition) is 3. The molecule has 0 spiro atoms. The van der Waals surface area contributed by atoms with Crippen LogP contribution in [0.5, 0.6) is 0 Å². The molecule has 0 aliphatic carbocycles. The van der Waals surface area contributed by atoms with Gasteiger partial charge in [0.2, 0.25) is 0 Å². The molecule has 3 N–H and O–H groups in total. The van der Waals surface area contributed by atoms with E-state index in [2.05, 4.69) is 17.6 Å². The van der Waals surface area contributed by atoms with Gasteiger partial charge in [0.25, 0.3) is 0 Å². The van der Waals surface area contributed by atoms with Crippen LogP contribution in [0.15, 0.2) is 18.2 Å². The second kappa shape index (κ2) is 3.81. The molecule has 0 radical (unpaired) electrons. The molecule has 0 aromatic heterocycles. The van der Waals surface area contributed by atoms with Crippen molar-refractivity contribution < 1.29 is 9.90 Å². The van der Waals surface area contributed by atoms with Crippen LogP contribution in [0.1, 0.15) is 12.5 Å². The Labute approximate surface area is 88.3 Å². The molecule has 0 fully saturated rings. The molecule has 1 aromatic carbocycles. The van der Waals surface area contributed by atoms with E-state index < -0.39 is 5.97 Å². The number of nitrogens with one attached hydrogen (secondary N) is 2. The maximum atomic E-state index is 10.6. The summed E-state index contributed by atoms with van der Waals surface area (Å²) in [5.74, 6) is -0.799. The molecule has 15 heavy (non-hydrogen) atoms. The van der Waals surface area contributed by atoms with Crippen molar-refractivity contribution >= 4 is 17.3 Å². The summed E-state index contributed by atoms with van der Waals surface area (Å²) in [7, 11) is 0. The van der Waals surface area contributed by atoms with Crippen LogP contribution in [-0.4, -0.2) is 23.7 Å². The van der Waals surface area contributed by atoms with Crippen LogP contribution in [0.3, 0.4) is 0 Å². The molecular weight excluding hydrogens is 192 g/mol. The highest BCUT2D eigenvalue weighted by molar-refractivity contribution is 5.75. The molecular formula is C11H14N2O2. The van der Waals surface area contributed by atoms with Crippen molar-refractivity contribution in [1.82, 2.24) is 0 Å². The second-order valence-electron chi connectivity index (χ2n) is 3.88. The van der Waals surface area contributed by atoms with E-state index >= 15 is 0 Å². The van der Waals surface area contributed by atoms with E-state index in [1.54, 1.807) is 0 Å². The van der Waals surface area contributed by atoms with Gasteiger partial charge in [-0.15, -0.1) is 0 Å². The van der Waals surface area contributed by atoms with E-state index in [4.69, 9.17) is 5.11 Å². The van der Waals surface area contributed by atoms with Gasteiger partial charge < -0.3 is 15.7 Å². The Morgan fingerprint density at radius 1 is 1.53 bits per heavy atom. The molecule has 0 saturated heterocycles. The highest BCUT2D eigenvalue weighted by atomic mass is 16.4. The summed E-state index contributed by atoms with van der Waals surface area (Å²) in [6.45, 7) is 2.96. The maximum absolute atomic E-state index is 10.6. The van der Waals surface area contributed by atoms with Gasteiger partial charge in [0.1, 0.15) is 0 Å². The fourth-order valence-corrected chi connectivity index (χ4v) is 1.73. The topological polar surface area (TPSA) is 61.4 Å². The summed E-state index contributed by atoms with van der Waals surface area (Å²) in [4.78, 5) is 10.6. The van der Waals surface area contributed by atoms with Gasteiger partial charge in [-0.25, -0.2) is 0 Å². The molecule has 4 nitrogen and oxygen atoms in total. The van der Waals surface area contributed by atoms with Crippen molar-refractivity contribution in [3.8, 4) is 0 Å². The van der Waals surface area contributed by atoms with Gasteiger partial charge in [0, 0.05) is 12.6 Å². The van der Waals surface area contributed by atoms with Gasteiger partial charge in [-0.3, -0.25) is 4.79 Å². The van der Waals surface area contributed by atoms with Gasteiger partial charge in [0.05, 0.1) is 17.8 Å². The van der Waals surface area contributed by atoms with Crippen molar-refractivity contribution in [1.29, 1.82) is 0 Å². The SMILES string of the molecule is CC1CNc2cc(CC(=O)O)ccc2N1. The Bertz CT molecular complexity index is 390. The molecule has 0 bridgehead atoms. The van der Waals surface area contributed by atoms with Gasteiger partial charge in [-0.1, -0.05) is 6.07 Å². The van der Waals surface area contributed by atoms with Crippen molar-refractivity contribution in [3.63, 3.8) is 0 Å². The number of carboxylic acid groups (broad SMARTS) is 1. The lowest BCUT2D eigenvalue weighted by molar-refractivity contribution is -0.136. The molecule has 0 saturated carbocycles. The molecule has 1 unspecified atom stereocenters. The average molecular weight is 206 g/mol. The molecule has 1 aromatic rings. The Hall–Kier alpha value is -1.71. The number of fused-ring (bicyclic) bond motifs is 1. The van der Waals surface area contributed by atoms with E-state index in [0.717, 1.165) is 23.5 Å². The van der Waals surface area contributed by atoms with Crippen LogP contribution in [-0.2, 0) is 11.2 Å². The number of aliphatic carboxylic acids is 1. The number of benzene rings is 1. The van der Waals surface area contributed by atoms with Crippen LogP contribution in [0.25, 0.3) is 0 Å². The highest BCUT2D eigenvalue weighted by Gasteiger charge is 2.13. The first-order valence-electron chi connectivity index (χ1n) is 5.00. The lowest BCUT2D eigenvalue weighted by atomic mass is 10.1. The number of rotatable bonds is 2. The number of anilines is 2. The number of hydrogen-bond donors (Lipinski definition) is 3. The molecule has 80 valence electrons. The third-order valence-electron chi connectivity index (χ3n) is 2.44. The van der Waals surface area contributed by atoms with E-state index in [1.807, 2.05) is 18.2 Å². The Kier molecular flexibility index (Phi) is 2.49. The summed E-state index contributed by atoms with van der Waals surface area (Å²) in [5.41, 5.74) is 2.86. The molecule has 1 atom stereocenters. The quantitative estimate of drug-likeness (QED) is 0.687. The zero-order chi connectivity index (χ0) is 10.8. The Balaban J connectivity index is 2.23. The van der Waals surface area contributed by atoms with Crippen LogP contribution in [0.2, 0.25) is 0 Å². The summed E-state index contributed by atoms with van der Waals surface area (Å²) < 4.78 is 0. The predicted molar refractivity (Wildman–Crippen MR) is 59.4 cm³/mol. The van der Waals surface area contributed by atoms with E-state index in [-0.39, 0.29) is 6.42 Å². The van der Waals surface area contributed by atoms with Crippen LogP contribution in [0.4, 0.5) is 11.4 Å². The molecule has 2 rings (SSSR count). The van der Waals surface area contributed by atoms with Gasteiger partial charge in [-0.2, -0.15) is 0 Å². The molecule has 1 heterocycles. The fourth-order valence-electron chi connectivity index (χ4n) is 1.73. The highest BCUT2D eigenvalue weighted by Crippen LogP contribution is 2.27. The van der Waals surface area contributed by atoms with Crippen LogP contribution >= 0.6 is 0 Å². The molecule has 1 aliphatic rings.